The molecule has 0 saturated carbocycles. The lowest BCUT2D eigenvalue weighted by atomic mass is 9.99. The Balaban J connectivity index is 1.54. The van der Waals surface area contributed by atoms with Gasteiger partial charge in [-0.1, -0.05) is 24.3 Å². The molecular weight excluding hydrogens is 450 g/mol. The van der Waals surface area contributed by atoms with Crippen LogP contribution in [0.25, 0.3) is 10.8 Å². The molecule has 4 rings (SSSR count). The molecule has 0 radical (unpaired) electrons. The first-order valence-corrected chi connectivity index (χ1v) is 11.5. The molecule has 2 amide bonds. The number of fused-ring (bicyclic) bond motifs is 1. The Labute approximate surface area is 202 Å². The van der Waals surface area contributed by atoms with Crippen molar-refractivity contribution in [2.24, 2.45) is 5.92 Å². The predicted molar refractivity (Wildman–Crippen MR) is 129 cm³/mol. The first kappa shape index (κ1) is 24.3. The van der Waals surface area contributed by atoms with Crippen LogP contribution in [-0.2, 0) is 9.47 Å². The molecule has 1 aliphatic heterocycles. The van der Waals surface area contributed by atoms with Crippen molar-refractivity contribution in [3.8, 4) is 0 Å². The Morgan fingerprint density at radius 3 is 2.43 bits per heavy atom. The van der Waals surface area contributed by atoms with Crippen molar-refractivity contribution in [3.63, 3.8) is 0 Å². The molecule has 35 heavy (non-hydrogen) atoms. The van der Waals surface area contributed by atoms with Crippen LogP contribution in [0.4, 0.5) is 5.69 Å². The second-order valence-corrected chi connectivity index (χ2v) is 8.19. The average Bonchev–Trinajstić information content (AvgIpc) is 2.90. The highest BCUT2D eigenvalue weighted by Crippen LogP contribution is 2.25. The van der Waals surface area contributed by atoms with Crippen LogP contribution in [-0.4, -0.2) is 60.8 Å². The number of ether oxygens (including phenoxy) is 2. The zero-order chi connectivity index (χ0) is 24.6. The van der Waals surface area contributed by atoms with E-state index in [1.165, 1.54) is 18.3 Å². The molecule has 0 bridgehead atoms. The molecular formula is C26H27N3O6. The number of benzene rings is 2. The summed E-state index contributed by atoms with van der Waals surface area (Å²) in [5.74, 6) is -1.04. The first-order valence-electron chi connectivity index (χ1n) is 11.5. The number of aliphatic hydroxyl groups is 1. The maximum absolute atomic E-state index is 13.2. The van der Waals surface area contributed by atoms with Gasteiger partial charge in [-0.25, -0.2) is 9.78 Å². The lowest BCUT2D eigenvalue weighted by Gasteiger charge is -2.22. The number of aromatic nitrogens is 1. The van der Waals surface area contributed by atoms with E-state index in [9.17, 15) is 14.4 Å². The summed E-state index contributed by atoms with van der Waals surface area (Å²) in [5, 5.41) is 15.7. The molecule has 9 nitrogen and oxygen atoms in total. The van der Waals surface area contributed by atoms with Crippen LogP contribution >= 0.6 is 0 Å². The average molecular weight is 478 g/mol. The summed E-state index contributed by atoms with van der Waals surface area (Å²) >= 11 is 0. The first-order chi connectivity index (χ1) is 17.1. The Bertz CT molecular complexity index is 1220. The summed E-state index contributed by atoms with van der Waals surface area (Å²) in [6.07, 6.45) is 3.28. The Kier molecular flexibility index (Phi) is 8.02. The summed E-state index contributed by atoms with van der Waals surface area (Å²) in [7, 11) is 0. The highest BCUT2D eigenvalue weighted by molar-refractivity contribution is 6.17. The third kappa shape index (κ3) is 5.82. The van der Waals surface area contributed by atoms with Crippen molar-refractivity contribution in [3.05, 3.63) is 71.5 Å². The minimum absolute atomic E-state index is 0.115. The third-order valence-corrected chi connectivity index (χ3v) is 5.88. The van der Waals surface area contributed by atoms with Gasteiger partial charge in [-0.05, 0) is 53.8 Å². The van der Waals surface area contributed by atoms with Crippen LogP contribution in [0, 0.1) is 5.92 Å². The summed E-state index contributed by atoms with van der Waals surface area (Å²) in [6, 6.07) is 13.3. The molecule has 1 aliphatic rings. The van der Waals surface area contributed by atoms with Gasteiger partial charge in [-0.2, -0.15) is 0 Å². The van der Waals surface area contributed by atoms with Gasteiger partial charge in [0, 0.05) is 31.5 Å². The number of nitrogens with one attached hydrogen (secondary N) is 2. The number of hydrogen-bond donors (Lipinski definition) is 3. The molecule has 1 fully saturated rings. The Hall–Kier alpha value is -3.82. The molecule has 1 aromatic heterocycles. The lowest BCUT2D eigenvalue weighted by molar-refractivity contribution is 0.0435. The summed E-state index contributed by atoms with van der Waals surface area (Å²) in [6.45, 7) is 1.51. The molecule has 1 saturated heterocycles. The quantitative estimate of drug-likeness (QED) is 0.426. The summed E-state index contributed by atoms with van der Waals surface area (Å²) in [5.41, 5.74) is 1.04. The monoisotopic (exact) mass is 477 g/mol. The number of carbonyl (C=O) groups is 3. The Morgan fingerprint density at radius 1 is 0.971 bits per heavy atom. The minimum atomic E-state index is -0.585. The normalized spacial score (nSPS) is 13.9. The van der Waals surface area contributed by atoms with Gasteiger partial charge in [0.05, 0.1) is 17.9 Å². The van der Waals surface area contributed by atoms with E-state index in [2.05, 4.69) is 15.6 Å². The zero-order valence-electron chi connectivity index (χ0n) is 19.2. The van der Waals surface area contributed by atoms with Crippen molar-refractivity contribution in [2.75, 3.05) is 38.3 Å². The molecule has 2 heterocycles. The van der Waals surface area contributed by atoms with Crippen LogP contribution in [0.15, 0.2) is 54.7 Å². The van der Waals surface area contributed by atoms with E-state index in [0.717, 1.165) is 12.8 Å². The highest BCUT2D eigenvalue weighted by atomic mass is 16.5. The number of hydrogen-bond acceptors (Lipinski definition) is 7. The number of pyridine rings is 1. The van der Waals surface area contributed by atoms with E-state index in [4.69, 9.17) is 14.6 Å². The van der Waals surface area contributed by atoms with Crippen molar-refractivity contribution in [2.45, 2.75) is 12.8 Å². The molecule has 3 N–H and O–H groups in total. The van der Waals surface area contributed by atoms with Gasteiger partial charge in [0.1, 0.15) is 6.61 Å². The number of nitrogens with zero attached hydrogens (tertiary/aromatic N) is 1. The smallest absolute Gasteiger partial charge is 0.338 e. The fraction of sp³-hybridized carbons (Fsp3) is 0.308. The molecule has 9 heteroatoms. The molecule has 0 aliphatic carbocycles. The molecule has 2 aromatic carbocycles. The predicted octanol–water partition coefficient (Wildman–Crippen LogP) is 2.79. The van der Waals surface area contributed by atoms with Crippen LogP contribution in [0.3, 0.4) is 0 Å². The van der Waals surface area contributed by atoms with Gasteiger partial charge >= 0.3 is 5.97 Å². The number of amides is 2. The molecule has 0 unspecified atom stereocenters. The van der Waals surface area contributed by atoms with Crippen LogP contribution in [0.2, 0.25) is 0 Å². The maximum atomic E-state index is 13.2. The van der Waals surface area contributed by atoms with Gasteiger partial charge < -0.3 is 25.2 Å². The number of esters is 1. The van der Waals surface area contributed by atoms with Gasteiger partial charge in [0.15, 0.2) is 5.69 Å². The lowest BCUT2D eigenvalue weighted by Crippen LogP contribution is -2.33. The topological polar surface area (TPSA) is 127 Å². The van der Waals surface area contributed by atoms with Crippen LogP contribution in [0.1, 0.15) is 44.0 Å². The highest BCUT2D eigenvalue weighted by Gasteiger charge is 2.21. The van der Waals surface area contributed by atoms with Gasteiger partial charge in [0.25, 0.3) is 11.8 Å². The molecule has 0 spiro atoms. The standard InChI is InChI=1S/C26H27N3O6/c30-12-15-35-26(33)21-8-7-20(18-4-1-2-5-19(18)21)24(31)29-22-6-3-11-27-23(22)25(32)28-16-17-9-13-34-14-10-17/h1-8,11,17,30H,9-10,12-16H2,(H,28,32)(H,29,31). The van der Waals surface area contributed by atoms with Crippen molar-refractivity contribution in [1.82, 2.24) is 10.3 Å². The van der Waals surface area contributed by atoms with Gasteiger partial charge in [-0.15, -0.1) is 0 Å². The van der Waals surface area contributed by atoms with E-state index in [0.29, 0.717) is 47.6 Å². The third-order valence-electron chi connectivity index (χ3n) is 5.88. The molecule has 0 atom stereocenters. The Morgan fingerprint density at radius 2 is 1.69 bits per heavy atom. The van der Waals surface area contributed by atoms with E-state index < -0.39 is 11.9 Å². The van der Waals surface area contributed by atoms with E-state index >= 15 is 0 Å². The number of rotatable bonds is 8. The van der Waals surface area contributed by atoms with E-state index in [1.54, 1.807) is 36.4 Å². The molecule has 182 valence electrons. The van der Waals surface area contributed by atoms with E-state index in [1.807, 2.05) is 0 Å². The van der Waals surface area contributed by atoms with Gasteiger partial charge in [-0.3, -0.25) is 9.59 Å². The SMILES string of the molecule is O=C(NCC1CCOCC1)c1ncccc1NC(=O)c1ccc(C(=O)OCCO)c2ccccc12. The van der Waals surface area contributed by atoms with Crippen LogP contribution < -0.4 is 10.6 Å². The fourth-order valence-electron chi connectivity index (χ4n) is 4.04. The number of carbonyl (C=O) groups excluding carboxylic acids is 3. The summed E-state index contributed by atoms with van der Waals surface area (Å²) < 4.78 is 10.4. The second kappa shape index (κ2) is 11.5. The minimum Gasteiger partial charge on any atom is -0.460 e. The van der Waals surface area contributed by atoms with E-state index in [-0.39, 0.29) is 30.5 Å². The van der Waals surface area contributed by atoms with Gasteiger partial charge in [0.2, 0.25) is 0 Å². The summed E-state index contributed by atoms with van der Waals surface area (Å²) in [4.78, 5) is 42.6. The van der Waals surface area contributed by atoms with Crippen molar-refractivity contribution < 1.29 is 29.0 Å². The second-order valence-electron chi connectivity index (χ2n) is 8.19. The largest absolute Gasteiger partial charge is 0.460 e. The van der Waals surface area contributed by atoms with Crippen LogP contribution in [0.5, 0.6) is 0 Å². The number of anilines is 1. The van der Waals surface area contributed by atoms with Crippen molar-refractivity contribution >= 4 is 34.2 Å². The molecule has 3 aromatic rings. The maximum Gasteiger partial charge on any atom is 0.338 e. The van der Waals surface area contributed by atoms with Crippen molar-refractivity contribution in [1.29, 1.82) is 0 Å². The zero-order valence-corrected chi connectivity index (χ0v) is 19.2. The number of aliphatic hydroxyl groups excluding tert-OH is 1. The fourth-order valence-corrected chi connectivity index (χ4v) is 4.04.